The third kappa shape index (κ3) is 5.16. The molecule has 1 fully saturated rings. The Bertz CT molecular complexity index is 574. The number of nitrogens with one attached hydrogen (secondary N) is 1. The Hall–Kier alpha value is -1.70. The molecule has 0 saturated carbocycles. The molecular formula is C15H20ClN3O4. The Morgan fingerprint density at radius 1 is 1.43 bits per heavy atom. The van der Waals surface area contributed by atoms with Crippen LogP contribution in [0.15, 0.2) is 18.2 Å². The summed E-state index contributed by atoms with van der Waals surface area (Å²) in [6.45, 7) is 1.98. The van der Waals surface area contributed by atoms with Gasteiger partial charge in [-0.2, -0.15) is 0 Å². The van der Waals surface area contributed by atoms with E-state index in [1.807, 2.05) is 4.90 Å². The zero-order valence-corrected chi connectivity index (χ0v) is 13.5. The number of hydrogen-bond donors (Lipinski definition) is 2. The molecule has 8 heteroatoms. The lowest BCUT2D eigenvalue weighted by atomic mass is 9.94. The Labute approximate surface area is 139 Å². The van der Waals surface area contributed by atoms with Crippen LogP contribution >= 0.6 is 11.6 Å². The smallest absolute Gasteiger partial charge is 0.294 e. The van der Waals surface area contributed by atoms with Crippen molar-refractivity contribution >= 4 is 28.9 Å². The molecule has 126 valence electrons. The molecule has 2 rings (SSSR count). The fourth-order valence-electron chi connectivity index (χ4n) is 2.77. The SMILES string of the molecule is O=C(CN1CCC(CCO)CC1)Nc1ccc(Cl)cc1[N+](=O)[O-]. The van der Waals surface area contributed by atoms with Gasteiger partial charge in [0.1, 0.15) is 5.69 Å². The Balaban J connectivity index is 1.90. The van der Waals surface area contributed by atoms with E-state index in [2.05, 4.69) is 5.32 Å². The highest BCUT2D eigenvalue weighted by Gasteiger charge is 2.22. The van der Waals surface area contributed by atoms with Gasteiger partial charge in [-0.25, -0.2) is 0 Å². The van der Waals surface area contributed by atoms with Crippen molar-refractivity contribution in [1.82, 2.24) is 4.90 Å². The highest BCUT2D eigenvalue weighted by molar-refractivity contribution is 6.31. The van der Waals surface area contributed by atoms with Crippen molar-refractivity contribution in [1.29, 1.82) is 0 Å². The first-order valence-electron chi connectivity index (χ1n) is 7.56. The third-order valence-electron chi connectivity index (χ3n) is 4.04. The zero-order valence-electron chi connectivity index (χ0n) is 12.7. The van der Waals surface area contributed by atoms with Crippen molar-refractivity contribution in [3.8, 4) is 0 Å². The number of halogens is 1. The topological polar surface area (TPSA) is 95.7 Å². The van der Waals surface area contributed by atoms with Gasteiger partial charge in [-0.05, 0) is 50.4 Å². The molecule has 23 heavy (non-hydrogen) atoms. The number of aliphatic hydroxyl groups is 1. The fraction of sp³-hybridized carbons (Fsp3) is 0.533. The van der Waals surface area contributed by atoms with E-state index in [1.54, 1.807) is 0 Å². The highest BCUT2D eigenvalue weighted by atomic mass is 35.5. The number of piperidine rings is 1. The second-order valence-corrected chi connectivity index (χ2v) is 6.13. The Morgan fingerprint density at radius 3 is 2.74 bits per heavy atom. The fourth-order valence-corrected chi connectivity index (χ4v) is 2.94. The molecule has 0 unspecified atom stereocenters. The first-order valence-corrected chi connectivity index (χ1v) is 7.94. The molecule has 0 aliphatic carbocycles. The maximum Gasteiger partial charge on any atom is 0.294 e. The first-order chi connectivity index (χ1) is 11.0. The van der Waals surface area contributed by atoms with Crippen molar-refractivity contribution < 1.29 is 14.8 Å². The molecular weight excluding hydrogens is 322 g/mol. The molecule has 7 nitrogen and oxygen atoms in total. The van der Waals surface area contributed by atoms with Crippen molar-refractivity contribution in [3.05, 3.63) is 33.3 Å². The summed E-state index contributed by atoms with van der Waals surface area (Å²) < 4.78 is 0. The number of rotatable bonds is 6. The molecule has 2 N–H and O–H groups in total. The molecule has 1 aliphatic rings. The zero-order chi connectivity index (χ0) is 16.8. The Morgan fingerprint density at radius 2 is 2.13 bits per heavy atom. The van der Waals surface area contributed by atoms with E-state index in [0.29, 0.717) is 5.92 Å². The minimum atomic E-state index is -0.568. The minimum absolute atomic E-state index is 0.152. The number of hydrogen-bond acceptors (Lipinski definition) is 5. The van der Waals surface area contributed by atoms with Crippen LogP contribution in [0.4, 0.5) is 11.4 Å². The molecule has 0 radical (unpaired) electrons. The van der Waals surface area contributed by atoms with Crippen LogP contribution in [0.5, 0.6) is 0 Å². The van der Waals surface area contributed by atoms with Crippen molar-refractivity contribution in [2.75, 3.05) is 31.6 Å². The number of aliphatic hydroxyl groups excluding tert-OH is 1. The largest absolute Gasteiger partial charge is 0.396 e. The monoisotopic (exact) mass is 341 g/mol. The van der Waals surface area contributed by atoms with Gasteiger partial charge in [0.15, 0.2) is 0 Å². The number of carbonyl (C=O) groups is 1. The first kappa shape index (κ1) is 17.7. The van der Waals surface area contributed by atoms with Gasteiger partial charge < -0.3 is 10.4 Å². The highest BCUT2D eigenvalue weighted by Crippen LogP contribution is 2.27. The third-order valence-corrected chi connectivity index (χ3v) is 4.28. The second kappa shape index (κ2) is 8.24. The van der Waals surface area contributed by atoms with Crippen LogP contribution in [0.1, 0.15) is 19.3 Å². The summed E-state index contributed by atoms with van der Waals surface area (Å²) in [6.07, 6.45) is 2.71. The number of benzene rings is 1. The maximum atomic E-state index is 12.1. The van der Waals surface area contributed by atoms with Gasteiger partial charge in [-0.3, -0.25) is 19.8 Å². The van der Waals surface area contributed by atoms with Gasteiger partial charge in [0.2, 0.25) is 5.91 Å². The molecule has 1 aromatic rings. The van der Waals surface area contributed by atoms with Crippen molar-refractivity contribution in [3.63, 3.8) is 0 Å². The lowest BCUT2D eigenvalue weighted by molar-refractivity contribution is -0.383. The van der Waals surface area contributed by atoms with E-state index in [-0.39, 0.29) is 35.5 Å². The van der Waals surface area contributed by atoms with Crippen LogP contribution in [0.3, 0.4) is 0 Å². The number of nitrogens with zero attached hydrogens (tertiary/aromatic N) is 2. The summed E-state index contributed by atoms with van der Waals surface area (Å²) in [5.74, 6) is 0.229. The lowest BCUT2D eigenvalue weighted by Gasteiger charge is -2.31. The maximum absolute atomic E-state index is 12.1. The molecule has 0 atom stereocenters. The van der Waals surface area contributed by atoms with Gasteiger partial charge in [0.05, 0.1) is 11.5 Å². The van der Waals surface area contributed by atoms with Crippen molar-refractivity contribution in [2.24, 2.45) is 5.92 Å². The molecule has 0 spiro atoms. The van der Waals surface area contributed by atoms with Crippen LogP contribution in [0.25, 0.3) is 0 Å². The van der Waals surface area contributed by atoms with Crippen LogP contribution in [0.2, 0.25) is 5.02 Å². The molecule has 1 aliphatic heterocycles. The molecule has 0 bridgehead atoms. The van der Waals surface area contributed by atoms with Gasteiger partial charge in [0.25, 0.3) is 5.69 Å². The summed E-state index contributed by atoms with van der Waals surface area (Å²) >= 11 is 5.75. The molecule has 1 aromatic carbocycles. The van der Waals surface area contributed by atoms with E-state index >= 15 is 0 Å². The van der Waals surface area contributed by atoms with Crippen LogP contribution in [-0.4, -0.2) is 47.1 Å². The predicted octanol–water partition coefficient (Wildman–Crippen LogP) is 2.28. The summed E-state index contributed by atoms with van der Waals surface area (Å²) in [5, 5.41) is 22.8. The van der Waals surface area contributed by atoms with Crippen LogP contribution in [-0.2, 0) is 4.79 Å². The van der Waals surface area contributed by atoms with Crippen LogP contribution in [0, 0.1) is 16.0 Å². The second-order valence-electron chi connectivity index (χ2n) is 5.70. The lowest BCUT2D eigenvalue weighted by Crippen LogP contribution is -2.39. The van der Waals surface area contributed by atoms with E-state index < -0.39 is 4.92 Å². The van der Waals surface area contributed by atoms with Crippen LogP contribution < -0.4 is 5.32 Å². The van der Waals surface area contributed by atoms with Crippen molar-refractivity contribution in [2.45, 2.75) is 19.3 Å². The van der Waals surface area contributed by atoms with Gasteiger partial charge >= 0.3 is 0 Å². The molecule has 1 saturated heterocycles. The van der Waals surface area contributed by atoms with E-state index in [0.717, 1.165) is 32.4 Å². The van der Waals surface area contributed by atoms with E-state index in [1.165, 1.54) is 18.2 Å². The summed E-state index contributed by atoms with van der Waals surface area (Å²) in [6, 6.07) is 4.16. The van der Waals surface area contributed by atoms with Gasteiger partial charge in [-0.1, -0.05) is 11.6 Å². The van der Waals surface area contributed by atoms with E-state index in [9.17, 15) is 14.9 Å². The average molecular weight is 342 g/mol. The normalized spacial score (nSPS) is 16.3. The van der Waals surface area contributed by atoms with Gasteiger partial charge in [-0.15, -0.1) is 0 Å². The quantitative estimate of drug-likeness (QED) is 0.611. The summed E-state index contributed by atoms with van der Waals surface area (Å²) in [7, 11) is 0. The summed E-state index contributed by atoms with van der Waals surface area (Å²) in [5.41, 5.74) is -0.0629. The number of carbonyl (C=O) groups excluding carboxylic acids is 1. The number of nitro groups is 1. The van der Waals surface area contributed by atoms with E-state index in [4.69, 9.17) is 16.7 Å². The van der Waals surface area contributed by atoms with Gasteiger partial charge in [0, 0.05) is 17.7 Å². The summed E-state index contributed by atoms with van der Waals surface area (Å²) in [4.78, 5) is 24.6. The predicted molar refractivity (Wildman–Crippen MR) is 87.6 cm³/mol. The number of amides is 1. The average Bonchev–Trinajstić information content (AvgIpc) is 2.51. The number of likely N-dealkylation sites (tertiary alicyclic amines) is 1. The molecule has 1 amide bonds. The number of nitro benzene ring substituents is 1. The number of anilines is 1. The minimum Gasteiger partial charge on any atom is -0.396 e. The Kier molecular flexibility index (Phi) is 6.32. The standard InChI is InChI=1S/C15H20ClN3O4/c16-12-1-2-13(14(9-12)19(22)23)17-15(21)10-18-6-3-11(4-7-18)5-8-20/h1-2,9,11,20H,3-8,10H2,(H,17,21). The molecule has 0 aromatic heterocycles. The molecule has 1 heterocycles.